The Morgan fingerprint density at radius 1 is 0.588 bits per heavy atom. The van der Waals surface area contributed by atoms with Gasteiger partial charge in [0.15, 0.2) is 0 Å². The average molecular weight is 485 g/mol. The molecule has 0 aliphatic heterocycles. The Bertz CT molecular complexity index is 1070. The molecule has 0 aliphatic rings. The van der Waals surface area contributed by atoms with Gasteiger partial charge in [-0.05, 0) is 84.1 Å². The van der Waals surface area contributed by atoms with Crippen molar-refractivity contribution in [2.45, 2.75) is 40.0 Å². The molecule has 0 nitrogen and oxygen atoms in total. The van der Waals surface area contributed by atoms with Crippen molar-refractivity contribution in [3.63, 3.8) is 0 Å². The second kappa shape index (κ2) is 15.1. The quantitative estimate of drug-likeness (QED) is 0.229. The number of hydrogen-bond acceptors (Lipinski definition) is 2. The molecular formula is C32H36S2. The molecule has 0 N–H and O–H groups in total. The molecule has 0 saturated heterocycles. The van der Waals surface area contributed by atoms with Crippen LogP contribution in [0.15, 0.2) is 125 Å². The molecule has 0 saturated carbocycles. The second-order valence-electron chi connectivity index (χ2n) is 8.68. The lowest BCUT2D eigenvalue weighted by Gasteiger charge is -2.04. The first-order valence-corrected chi connectivity index (χ1v) is 13.3. The van der Waals surface area contributed by atoms with E-state index in [0.717, 1.165) is 19.3 Å². The van der Waals surface area contributed by atoms with Crippen LogP contribution >= 0.6 is 22.7 Å². The number of hydrogen-bond donors (Lipinski definition) is 0. The molecule has 0 fully saturated rings. The van der Waals surface area contributed by atoms with E-state index in [1.807, 2.05) is 6.07 Å². The molecule has 2 aromatic heterocycles. The molecule has 2 heterocycles. The summed E-state index contributed by atoms with van der Waals surface area (Å²) < 4.78 is 0. The highest BCUT2D eigenvalue weighted by Crippen LogP contribution is 2.20. The van der Waals surface area contributed by atoms with Crippen molar-refractivity contribution in [3.8, 4) is 11.1 Å². The lowest BCUT2D eigenvalue weighted by Crippen LogP contribution is -1.85. The molecule has 0 bridgehead atoms. The van der Waals surface area contributed by atoms with Gasteiger partial charge < -0.3 is 0 Å². The van der Waals surface area contributed by atoms with Crippen molar-refractivity contribution in [1.29, 1.82) is 0 Å². The number of rotatable bonds is 7. The van der Waals surface area contributed by atoms with Gasteiger partial charge in [0.05, 0.1) is 0 Å². The summed E-state index contributed by atoms with van der Waals surface area (Å²) >= 11 is 3.53. The summed E-state index contributed by atoms with van der Waals surface area (Å²) in [5.74, 6) is 0. The highest BCUT2D eigenvalue weighted by Gasteiger charge is 1.97. The van der Waals surface area contributed by atoms with Crippen LogP contribution in [0.1, 0.15) is 36.8 Å². The lowest BCUT2D eigenvalue weighted by atomic mass is 10.0. The van der Waals surface area contributed by atoms with Crippen LogP contribution in [0, 0.1) is 0 Å². The van der Waals surface area contributed by atoms with Crippen LogP contribution in [0.3, 0.4) is 0 Å². The van der Waals surface area contributed by atoms with Crippen LogP contribution in [0.2, 0.25) is 0 Å². The van der Waals surface area contributed by atoms with E-state index in [0.29, 0.717) is 0 Å². The highest BCUT2D eigenvalue weighted by atomic mass is 32.1. The average Bonchev–Trinajstić information content (AvgIpc) is 3.49. The second-order valence-corrected chi connectivity index (χ2v) is 10.5. The van der Waals surface area contributed by atoms with E-state index in [4.69, 9.17) is 0 Å². The summed E-state index contributed by atoms with van der Waals surface area (Å²) in [7, 11) is 0. The third kappa shape index (κ3) is 11.3. The van der Waals surface area contributed by atoms with E-state index in [-0.39, 0.29) is 0 Å². The first-order valence-electron chi connectivity index (χ1n) is 11.4. The number of allylic oxidation sites excluding steroid dienone is 3. The Labute approximate surface area is 214 Å². The van der Waals surface area contributed by atoms with Gasteiger partial charge in [-0.2, -0.15) is 11.3 Å². The minimum Gasteiger partial charge on any atom is -0.152 e. The summed E-state index contributed by atoms with van der Waals surface area (Å²) in [5.41, 5.74) is 8.91. The van der Waals surface area contributed by atoms with Gasteiger partial charge in [-0.15, -0.1) is 11.3 Å². The summed E-state index contributed by atoms with van der Waals surface area (Å²) in [4.78, 5) is 1.41. The van der Waals surface area contributed by atoms with Crippen molar-refractivity contribution in [1.82, 2.24) is 0 Å². The van der Waals surface area contributed by atoms with Gasteiger partial charge in [-0.1, -0.05) is 97.1 Å². The summed E-state index contributed by atoms with van der Waals surface area (Å²) in [5, 5.41) is 6.35. The molecule has 4 aromatic rings. The Morgan fingerprint density at radius 2 is 1.18 bits per heavy atom. The smallest absolute Gasteiger partial charge is 0.00854 e. The van der Waals surface area contributed by atoms with Gasteiger partial charge in [0.25, 0.3) is 0 Å². The van der Waals surface area contributed by atoms with Crippen LogP contribution in [0.25, 0.3) is 11.1 Å². The molecule has 0 radical (unpaired) electrons. The third-order valence-corrected chi connectivity index (χ3v) is 6.32. The van der Waals surface area contributed by atoms with Crippen LogP contribution in [-0.4, -0.2) is 0 Å². The van der Waals surface area contributed by atoms with Crippen molar-refractivity contribution in [2.24, 2.45) is 0 Å². The Kier molecular flexibility index (Phi) is 12.1. The largest absolute Gasteiger partial charge is 0.152 e. The van der Waals surface area contributed by atoms with Gasteiger partial charge in [0, 0.05) is 11.3 Å². The molecule has 0 amide bonds. The Morgan fingerprint density at radius 3 is 1.68 bits per heavy atom. The summed E-state index contributed by atoms with van der Waals surface area (Å²) in [6.07, 6.45) is 3.04. The number of thiophene rings is 2. The zero-order valence-corrected chi connectivity index (χ0v) is 22.4. The zero-order chi connectivity index (χ0) is 24.8. The maximum absolute atomic E-state index is 3.93. The Hall–Kier alpha value is -2.94. The van der Waals surface area contributed by atoms with E-state index in [1.165, 1.54) is 43.9 Å². The van der Waals surface area contributed by atoms with E-state index in [9.17, 15) is 0 Å². The number of benzene rings is 2. The fraction of sp³-hybridized carbons (Fsp3) is 0.188. The summed E-state index contributed by atoms with van der Waals surface area (Å²) in [6, 6.07) is 25.5. The normalized spacial score (nSPS) is 9.74. The minimum absolute atomic E-state index is 0.967. The lowest BCUT2D eigenvalue weighted by molar-refractivity contribution is 1.16. The van der Waals surface area contributed by atoms with Crippen LogP contribution in [0.4, 0.5) is 0 Å². The minimum atomic E-state index is 0.967. The third-order valence-electron chi connectivity index (χ3n) is 4.71. The van der Waals surface area contributed by atoms with Crippen molar-refractivity contribution >= 4 is 22.7 Å². The van der Waals surface area contributed by atoms with Crippen LogP contribution in [0.5, 0.6) is 0 Å². The van der Waals surface area contributed by atoms with Crippen molar-refractivity contribution in [2.75, 3.05) is 0 Å². The first kappa shape index (κ1) is 27.3. The first-order chi connectivity index (χ1) is 16.3. The molecule has 34 heavy (non-hydrogen) atoms. The van der Waals surface area contributed by atoms with E-state index < -0.39 is 0 Å². The summed E-state index contributed by atoms with van der Waals surface area (Å²) in [6.45, 7) is 17.8. The van der Waals surface area contributed by atoms with Crippen molar-refractivity contribution in [3.05, 3.63) is 141 Å². The van der Waals surface area contributed by atoms with E-state index in [2.05, 4.69) is 123 Å². The van der Waals surface area contributed by atoms with Gasteiger partial charge in [0.2, 0.25) is 0 Å². The van der Waals surface area contributed by atoms with E-state index in [1.54, 1.807) is 22.7 Å². The Balaban J connectivity index is 0.000000194. The maximum atomic E-state index is 3.93. The highest BCUT2D eigenvalue weighted by molar-refractivity contribution is 7.09. The molecule has 2 heteroatoms. The van der Waals surface area contributed by atoms with Gasteiger partial charge in [-0.25, -0.2) is 0 Å². The molecule has 0 atom stereocenters. The molecule has 4 rings (SSSR count). The molecule has 0 spiro atoms. The SMILES string of the molecule is C=C(C)Cc1ccc(-c2ccccc2)cc1.C=C(C)Cc1cccs1.C=C(C)Cc1ccsc1. The molecule has 176 valence electrons. The predicted molar refractivity (Wildman–Crippen MR) is 156 cm³/mol. The van der Waals surface area contributed by atoms with Gasteiger partial charge in [-0.3, -0.25) is 0 Å². The van der Waals surface area contributed by atoms with Gasteiger partial charge in [0.1, 0.15) is 0 Å². The molecule has 0 unspecified atom stereocenters. The molecule has 2 aromatic carbocycles. The standard InChI is InChI=1S/C16H16.2C8H10S/c1-13(2)12-14-8-10-16(11-9-14)15-6-4-3-5-7-15;1-7(2)5-8-3-4-9-6-8;1-7(2)6-8-4-3-5-9-8/h3-11H,1,12H2,2H3;3-4,6H,1,5H2,2H3;3-5H,1,6H2,2H3. The zero-order valence-electron chi connectivity index (χ0n) is 20.7. The van der Waals surface area contributed by atoms with E-state index >= 15 is 0 Å². The fourth-order valence-corrected chi connectivity index (χ4v) is 4.73. The van der Waals surface area contributed by atoms with Crippen LogP contribution < -0.4 is 0 Å². The van der Waals surface area contributed by atoms with Crippen molar-refractivity contribution < 1.29 is 0 Å². The molecule has 0 aliphatic carbocycles. The predicted octanol–water partition coefficient (Wildman–Crippen LogP) is 10.2. The topological polar surface area (TPSA) is 0 Å². The maximum Gasteiger partial charge on any atom is 0.00854 e. The fourth-order valence-electron chi connectivity index (χ4n) is 3.25. The van der Waals surface area contributed by atoms with Gasteiger partial charge >= 0.3 is 0 Å². The molecular weight excluding hydrogens is 448 g/mol. The van der Waals surface area contributed by atoms with Crippen LogP contribution in [-0.2, 0) is 19.3 Å². The monoisotopic (exact) mass is 484 g/mol.